The van der Waals surface area contributed by atoms with Crippen molar-refractivity contribution in [1.82, 2.24) is 10.2 Å². The number of nitrogens with zero attached hydrogens (tertiary/aromatic N) is 1. The lowest BCUT2D eigenvalue weighted by molar-refractivity contribution is -0.141. The molecule has 5 heteroatoms. The molecule has 3 nitrogen and oxygen atoms in total. The molecule has 0 radical (unpaired) electrons. The Morgan fingerprint density at radius 2 is 2.15 bits per heavy atom. The van der Waals surface area contributed by atoms with Gasteiger partial charge in [-0.05, 0) is 44.0 Å². The van der Waals surface area contributed by atoms with Gasteiger partial charge in [0.25, 0.3) is 0 Å². The van der Waals surface area contributed by atoms with Crippen molar-refractivity contribution in [2.24, 2.45) is 5.41 Å². The smallest absolute Gasteiger partial charge is 0.229 e. The van der Waals surface area contributed by atoms with Crippen molar-refractivity contribution in [3.63, 3.8) is 0 Å². The quantitative estimate of drug-likeness (QED) is 0.928. The Balaban J connectivity index is 2.05. The predicted octanol–water partition coefficient (Wildman–Crippen LogP) is 3.34. The van der Waals surface area contributed by atoms with E-state index < -0.39 is 0 Å². The van der Waals surface area contributed by atoms with Gasteiger partial charge in [0.05, 0.1) is 15.5 Å². The largest absolute Gasteiger partial charge is 0.341 e. The van der Waals surface area contributed by atoms with Crippen LogP contribution in [0.3, 0.4) is 0 Å². The van der Waals surface area contributed by atoms with Crippen molar-refractivity contribution in [3.05, 3.63) is 33.8 Å². The summed E-state index contributed by atoms with van der Waals surface area (Å²) in [5, 5.41) is 4.36. The van der Waals surface area contributed by atoms with Gasteiger partial charge < -0.3 is 10.2 Å². The first-order chi connectivity index (χ1) is 9.42. The van der Waals surface area contributed by atoms with Crippen molar-refractivity contribution in [3.8, 4) is 0 Å². The first kappa shape index (κ1) is 15.6. The Morgan fingerprint density at radius 3 is 2.75 bits per heavy atom. The molecule has 1 aliphatic rings. The van der Waals surface area contributed by atoms with Crippen molar-refractivity contribution in [2.45, 2.75) is 26.3 Å². The number of carbonyl (C=O) groups is 1. The number of nitrogens with one attached hydrogen (secondary N) is 1. The van der Waals surface area contributed by atoms with Crippen LogP contribution < -0.4 is 5.32 Å². The minimum atomic E-state index is -0.302. The second-order valence-electron chi connectivity index (χ2n) is 5.75. The van der Waals surface area contributed by atoms with Crippen LogP contribution in [0.2, 0.25) is 10.0 Å². The van der Waals surface area contributed by atoms with Gasteiger partial charge >= 0.3 is 0 Å². The van der Waals surface area contributed by atoms with Crippen LogP contribution in [-0.4, -0.2) is 30.9 Å². The van der Waals surface area contributed by atoms with Gasteiger partial charge in [0.2, 0.25) is 5.91 Å². The zero-order valence-corrected chi connectivity index (χ0v) is 13.4. The molecule has 1 fully saturated rings. The predicted molar refractivity (Wildman–Crippen MR) is 83.1 cm³/mol. The Kier molecular flexibility index (Phi) is 4.95. The number of amides is 1. The molecule has 20 heavy (non-hydrogen) atoms. The van der Waals surface area contributed by atoms with Crippen LogP contribution >= 0.6 is 23.2 Å². The van der Waals surface area contributed by atoms with Crippen LogP contribution in [0.1, 0.15) is 25.3 Å². The highest BCUT2D eigenvalue weighted by atomic mass is 35.5. The molecule has 1 saturated heterocycles. The van der Waals surface area contributed by atoms with Gasteiger partial charge in [0.15, 0.2) is 0 Å². The monoisotopic (exact) mass is 314 g/mol. The lowest BCUT2D eigenvalue weighted by atomic mass is 9.81. The van der Waals surface area contributed by atoms with Gasteiger partial charge in [-0.3, -0.25) is 4.79 Å². The first-order valence-electron chi connectivity index (χ1n) is 6.82. The van der Waals surface area contributed by atoms with E-state index in [1.165, 1.54) is 0 Å². The molecule has 0 saturated carbocycles. The summed E-state index contributed by atoms with van der Waals surface area (Å²) in [6.07, 6.45) is 1.98. The molecule has 0 bridgehead atoms. The summed E-state index contributed by atoms with van der Waals surface area (Å²) >= 11 is 11.9. The fourth-order valence-corrected chi connectivity index (χ4v) is 3.00. The molecule has 1 aromatic carbocycles. The summed E-state index contributed by atoms with van der Waals surface area (Å²) in [4.78, 5) is 14.4. The first-order valence-corrected chi connectivity index (χ1v) is 7.58. The fourth-order valence-electron chi connectivity index (χ4n) is 2.68. The van der Waals surface area contributed by atoms with Crippen LogP contribution in [0.5, 0.6) is 0 Å². The summed E-state index contributed by atoms with van der Waals surface area (Å²) < 4.78 is 0. The van der Waals surface area contributed by atoms with E-state index in [1.54, 1.807) is 11.0 Å². The van der Waals surface area contributed by atoms with Gasteiger partial charge in [-0.1, -0.05) is 29.3 Å². The summed E-state index contributed by atoms with van der Waals surface area (Å²) in [7, 11) is 1.84. The third-order valence-corrected chi connectivity index (χ3v) is 4.60. The number of rotatable bonds is 3. The molecule has 0 aromatic heterocycles. The Bertz CT molecular complexity index is 499. The number of hydrogen-bond donors (Lipinski definition) is 1. The molecule has 1 N–H and O–H groups in total. The highest BCUT2D eigenvalue weighted by molar-refractivity contribution is 6.42. The maximum Gasteiger partial charge on any atom is 0.229 e. The van der Waals surface area contributed by atoms with Crippen LogP contribution in [0.25, 0.3) is 0 Å². The summed E-state index contributed by atoms with van der Waals surface area (Å²) in [5.41, 5.74) is 0.686. The summed E-state index contributed by atoms with van der Waals surface area (Å²) in [6, 6.07) is 5.48. The lowest BCUT2D eigenvalue weighted by Gasteiger charge is -2.36. The van der Waals surface area contributed by atoms with Gasteiger partial charge in [0.1, 0.15) is 0 Å². The number of benzene rings is 1. The minimum absolute atomic E-state index is 0.177. The Labute approximate surface area is 130 Å². The van der Waals surface area contributed by atoms with E-state index in [1.807, 2.05) is 26.1 Å². The zero-order chi connectivity index (χ0) is 14.8. The molecule has 1 aliphatic heterocycles. The van der Waals surface area contributed by atoms with Gasteiger partial charge in [-0.2, -0.15) is 0 Å². The van der Waals surface area contributed by atoms with Gasteiger partial charge in [-0.15, -0.1) is 0 Å². The second-order valence-corrected chi connectivity index (χ2v) is 6.57. The zero-order valence-electron chi connectivity index (χ0n) is 11.9. The van der Waals surface area contributed by atoms with Crippen molar-refractivity contribution in [1.29, 1.82) is 0 Å². The second kappa shape index (κ2) is 6.33. The third-order valence-electron chi connectivity index (χ3n) is 3.86. The number of carbonyl (C=O) groups excluding carboxylic acids is 1. The number of hydrogen-bond acceptors (Lipinski definition) is 2. The highest BCUT2D eigenvalue weighted by Crippen LogP contribution is 2.29. The van der Waals surface area contributed by atoms with E-state index in [2.05, 4.69) is 5.32 Å². The molecule has 1 atom stereocenters. The van der Waals surface area contributed by atoms with Crippen molar-refractivity contribution < 1.29 is 4.79 Å². The molecular weight excluding hydrogens is 295 g/mol. The normalized spacial score (nSPS) is 22.6. The standard InChI is InChI=1S/C15H20Cl2N2O/c1-15(6-3-7-18-10-15)14(20)19(2)9-11-4-5-12(16)13(17)8-11/h4-5,8,18H,3,6-7,9-10H2,1-2H3. The van der Waals surface area contributed by atoms with E-state index in [4.69, 9.17) is 23.2 Å². The maximum atomic E-state index is 12.6. The molecule has 1 amide bonds. The van der Waals surface area contributed by atoms with Gasteiger partial charge in [-0.25, -0.2) is 0 Å². The molecule has 1 aromatic rings. The topological polar surface area (TPSA) is 32.3 Å². The molecule has 1 unspecified atom stereocenters. The Hall–Kier alpha value is -0.770. The van der Waals surface area contributed by atoms with E-state index in [0.717, 1.165) is 31.5 Å². The van der Waals surface area contributed by atoms with Crippen LogP contribution in [0, 0.1) is 5.41 Å². The number of halogens is 2. The fraction of sp³-hybridized carbons (Fsp3) is 0.533. The maximum absolute atomic E-state index is 12.6. The minimum Gasteiger partial charge on any atom is -0.341 e. The van der Waals surface area contributed by atoms with E-state index in [-0.39, 0.29) is 11.3 Å². The molecule has 110 valence electrons. The number of piperidine rings is 1. The molecular formula is C15H20Cl2N2O. The van der Waals surface area contributed by atoms with E-state index in [0.29, 0.717) is 16.6 Å². The van der Waals surface area contributed by atoms with Crippen LogP contribution in [-0.2, 0) is 11.3 Å². The van der Waals surface area contributed by atoms with Crippen molar-refractivity contribution in [2.75, 3.05) is 20.1 Å². The molecule has 0 spiro atoms. The average molecular weight is 315 g/mol. The van der Waals surface area contributed by atoms with Crippen LogP contribution in [0.15, 0.2) is 18.2 Å². The van der Waals surface area contributed by atoms with E-state index >= 15 is 0 Å². The lowest BCUT2D eigenvalue weighted by Crippen LogP contribution is -2.48. The molecule has 2 rings (SSSR count). The van der Waals surface area contributed by atoms with Crippen LogP contribution in [0.4, 0.5) is 0 Å². The summed E-state index contributed by atoms with van der Waals surface area (Å²) in [6.45, 7) is 4.33. The third kappa shape index (κ3) is 3.46. The molecule has 1 heterocycles. The SMILES string of the molecule is CN(Cc1ccc(Cl)c(Cl)c1)C(=O)C1(C)CCCNC1. The van der Waals surface area contributed by atoms with Crippen molar-refractivity contribution >= 4 is 29.1 Å². The average Bonchev–Trinajstić information content (AvgIpc) is 2.43. The van der Waals surface area contributed by atoms with E-state index in [9.17, 15) is 4.79 Å². The van der Waals surface area contributed by atoms with Gasteiger partial charge in [0, 0.05) is 20.1 Å². The Morgan fingerprint density at radius 1 is 1.40 bits per heavy atom. The molecule has 0 aliphatic carbocycles. The summed E-state index contributed by atoms with van der Waals surface area (Å²) in [5.74, 6) is 0.177. The highest BCUT2D eigenvalue weighted by Gasteiger charge is 2.36.